The second kappa shape index (κ2) is 6.66. The Morgan fingerprint density at radius 2 is 1.91 bits per heavy atom. The zero-order valence-corrected chi connectivity index (χ0v) is 13.4. The molecule has 0 radical (unpaired) electrons. The van der Waals surface area contributed by atoms with Crippen LogP contribution in [0.4, 0.5) is 19.3 Å². The Kier molecular flexibility index (Phi) is 4.61. The molecule has 122 valence electrons. The van der Waals surface area contributed by atoms with E-state index in [1.54, 1.807) is 11.3 Å². The van der Waals surface area contributed by atoms with Crippen molar-refractivity contribution in [1.82, 2.24) is 5.32 Å². The lowest BCUT2D eigenvalue weighted by Gasteiger charge is -2.37. The molecule has 1 aliphatic rings. The van der Waals surface area contributed by atoms with Crippen LogP contribution in [-0.2, 0) is 5.54 Å². The molecule has 1 saturated carbocycles. The molecule has 3 rings (SSSR count). The first-order chi connectivity index (χ1) is 11.1. The number of urea groups is 1. The largest absolute Gasteiger partial charge is 0.328 e. The average Bonchev–Trinajstić information content (AvgIpc) is 3.06. The summed E-state index contributed by atoms with van der Waals surface area (Å²) in [4.78, 5) is 13.5. The summed E-state index contributed by atoms with van der Waals surface area (Å²) in [6.07, 6.45) is 4.98. The Hall–Kier alpha value is -1.95. The summed E-state index contributed by atoms with van der Waals surface area (Å²) in [5, 5.41) is 7.50. The second-order valence-corrected chi connectivity index (χ2v) is 6.77. The molecule has 2 N–H and O–H groups in total. The summed E-state index contributed by atoms with van der Waals surface area (Å²) in [5.41, 5.74) is -0.423. The van der Waals surface area contributed by atoms with Gasteiger partial charge in [0.25, 0.3) is 0 Å². The van der Waals surface area contributed by atoms with E-state index in [9.17, 15) is 13.6 Å². The second-order valence-electron chi connectivity index (χ2n) is 5.82. The van der Waals surface area contributed by atoms with Gasteiger partial charge < -0.3 is 10.6 Å². The van der Waals surface area contributed by atoms with Gasteiger partial charge in [-0.1, -0.05) is 25.3 Å². The molecule has 6 heteroatoms. The first-order valence-electron chi connectivity index (χ1n) is 7.67. The van der Waals surface area contributed by atoms with E-state index in [-0.39, 0.29) is 5.69 Å². The van der Waals surface area contributed by atoms with Crippen LogP contribution in [0.5, 0.6) is 0 Å². The van der Waals surface area contributed by atoms with Crippen LogP contribution in [-0.4, -0.2) is 6.03 Å². The van der Waals surface area contributed by atoms with Crippen molar-refractivity contribution in [1.29, 1.82) is 0 Å². The highest BCUT2D eigenvalue weighted by molar-refractivity contribution is 7.10. The highest BCUT2D eigenvalue weighted by Crippen LogP contribution is 2.39. The van der Waals surface area contributed by atoms with E-state index in [4.69, 9.17) is 0 Å². The third kappa shape index (κ3) is 3.52. The molecule has 3 nitrogen and oxygen atoms in total. The van der Waals surface area contributed by atoms with Gasteiger partial charge in [0.05, 0.1) is 11.2 Å². The standard InChI is InChI=1S/C17H18F2N2OS/c18-12-6-7-14(13(19)11-12)20-16(22)21-17(8-2-1-3-9-17)15-5-4-10-23-15/h4-7,10-11H,1-3,8-9H2,(H2,20,21,22). The number of rotatable bonds is 3. The van der Waals surface area contributed by atoms with Gasteiger partial charge in [0.15, 0.2) is 0 Å². The number of amides is 2. The molecule has 1 heterocycles. The Bertz CT molecular complexity index is 682. The Balaban J connectivity index is 1.76. The minimum atomic E-state index is -0.783. The maximum atomic E-state index is 13.7. The van der Waals surface area contributed by atoms with Gasteiger partial charge in [-0.15, -0.1) is 11.3 Å². The topological polar surface area (TPSA) is 41.1 Å². The number of halogens is 2. The number of carbonyl (C=O) groups excluding carboxylic acids is 1. The van der Waals surface area contributed by atoms with Crippen molar-refractivity contribution in [3.8, 4) is 0 Å². The molecule has 0 bridgehead atoms. The number of nitrogens with one attached hydrogen (secondary N) is 2. The van der Waals surface area contributed by atoms with Crippen molar-refractivity contribution in [3.05, 3.63) is 52.2 Å². The lowest BCUT2D eigenvalue weighted by atomic mass is 9.80. The average molecular weight is 336 g/mol. The van der Waals surface area contributed by atoms with E-state index in [1.807, 2.05) is 17.5 Å². The number of thiophene rings is 1. The van der Waals surface area contributed by atoms with Gasteiger partial charge in [-0.2, -0.15) is 0 Å². The lowest BCUT2D eigenvalue weighted by molar-refractivity contribution is 0.214. The van der Waals surface area contributed by atoms with Gasteiger partial charge in [0.2, 0.25) is 0 Å². The molecular formula is C17H18F2N2OS. The molecule has 1 aliphatic carbocycles. The molecule has 0 saturated heterocycles. The van der Waals surface area contributed by atoms with Crippen LogP contribution < -0.4 is 10.6 Å². The van der Waals surface area contributed by atoms with E-state index in [0.29, 0.717) is 0 Å². The van der Waals surface area contributed by atoms with Crippen molar-refractivity contribution in [2.24, 2.45) is 0 Å². The summed E-state index contributed by atoms with van der Waals surface area (Å²) >= 11 is 1.62. The first kappa shape index (κ1) is 15.9. The SMILES string of the molecule is O=C(Nc1ccc(F)cc1F)NC1(c2cccs2)CCCCC1. The van der Waals surface area contributed by atoms with Gasteiger partial charge in [-0.05, 0) is 36.4 Å². The summed E-state index contributed by atoms with van der Waals surface area (Å²) in [6.45, 7) is 0. The zero-order valence-electron chi connectivity index (χ0n) is 12.6. The molecule has 23 heavy (non-hydrogen) atoms. The Morgan fingerprint density at radius 3 is 2.57 bits per heavy atom. The molecule has 0 aliphatic heterocycles. The summed E-state index contributed by atoms with van der Waals surface area (Å²) < 4.78 is 26.6. The van der Waals surface area contributed by atoms with Crippen LogP contribution in [0.2, 0.25) is 0 Å². The summed E-state index contributed by atoms with van der Waals surface area (Å²) in [5.74, 6) is -1.45. The highest BCUT2D eigenvalue weighted by Gasteiger charge is 2.36. The van der Waals surface area contributed by atoms with Crippen molar-refractivity contribution < 1.29 is 13.6 Å². The van der Waals surface area contributed by atoms with Crippen molar-refractivity contribution in [3.63, 3.8) is 0 Å². The fourth-order valence-electron chi connectivity index (χ4n) is 3.10. The maximum Gasteiger partial charge on any atom is 0.320 e. The minimum Gasteiger partial charge on any atom is -0.328 e. The normalized spacial score (nSPS) is 16.8. The zero-order chi connectivity index (χ0) is 16.3. The number of anilines is 1. The first-order valence-corrected chi connectivity index (χ1v) is 8.55. The van der Waals surface area contributed by atoms with Gasteiger partial charge in [0.1, 0.15) is 11.6 Å². The third-order valence-corrected chi connectivity index (χ3v) is 5.31. The van der Waals surface area contributed by atoms with E-state index in [0.717, 1.165) is 49.1 Å². The smallest absolute Gasteiger partial charge is 0.320 e. The molecule has 1 aromatic carbocycles. The quantitative estimate of drug-likeness (QED) is 0.813. The van der Waals surface area contributed by atoms with Crippen LogP contribution in [0.25, 0.3) is 0 Å². The van der Waals surface area contributed by atoms with Crippen LogP contribution in [0, 0.1) is 11.6 Å². The fraction of sp³-hybridized carbons (Fsp3) is 0.353. The summed E-state index contributed by atoms with van der Waals surface area (Å²) in [7, 11) is 0. The molecule has 2 amide bonds. The third-order valence-electron chi connectivity index (χ3n) is 4.23. The van der Waals surface area contributed by atoms with Gasteiger partial charge in [-0.3, -0.25) is 0 Å². The highest BCUT2D eigenvalue weighted by atomic mass is 32.1. The Morgan fingerprint density at radius 1 is 1.13 bits per heavy atom. The van der Waals surface area contributed by atoms with Gasteiger partial charge in [0, 0.05) is 10.9 Å². The van der Waals surface area contributed by atoms with Crippen LogP contribution in [0.3, 0.4) is 0 Å². The van der Waals surface area contributed by atoms with Crippen molar-refractivity contribution in [2.45, 2.75) is 37.6 Å². The predicted molar refractivity (Wildman–Crippen MR) is 87.6 cm³/mol. The molecule has 0 spiro atoms. The van der Waals surface area contributed by atoms with Gasteiger partial charge in [-0.25, -0.2) is 13.6 Å². The van der Waals surface area contributed by atoms with Crippen LogP contribution >= 0.6 is 11.3 Å². The van der Waals surface area contributed by atoms with E-state index in [1.165, 1.54) is 6.07 Å². The van der Waals surface area contributed by atoms with Crippen LogP contribution in [0.15, 0.2) is 35.7 Å². The van der Waals surface area contributed by atoms with Crippen LogP contribution in [0.1, 0.15) is 37.0 Å². The van der Waals surface area contributed by atoms with E-state index in [2.05, 4.69) is 10.6 Å². The monoisotopic (exact) mass is 336 g/mol. The molecule has 2 aromatic rings. The molecule has 1 aromatic heterocycles. The molecular weight excluding hydrogens is 318 g/mol. The lowest BCUT2D eigenvalue weighted by Crippen LogP contribution is -2.48. The van der Waals surface area contributed by atoms with Crippen molar-refractivity contribution in [2.75, 3.05) is 5.32 Å². The van der Waals surface area contributed by atoms with Gasteiger partial charge >= 0.3 is 6.03 Å². The number of hydrogen-bond acceptors (Lipinski definition) is 2. The fourth-order valence-corrected chi connectivity index (χ4v) is 4.04. The Labute approximate surface area is 137 Å². The number of hydrogen-bond donors (Lipinski definition) is 2. The van der Waals surface area contributed by atoms with E-state index >= 15 is 0 Å². The number of benzene rings is 1. The maximum absolute atomic E-state index is 13.7. The molecule has 1 fully saturated rings. The number of carbonyl (C=O) groups is 1. The molecule has 0 unspecified atom stereocenters. The molecule has 0 atom stereocenters. The minimum absolute atomic E-state index is 0.0268. The summed E-state index contributed by atoms with van der Waals surface area (Å²) in [6, 6.07) is 6.62. The van der Waals surface area contributed by atoms with E-state index < -0.39 is 23.2 Å². The van der Waals surface area contributed by atoms with Crippen molar-refractivity contribution >= 4 is 23.1 Å². The predicted octanol–water partition coefficient (Wildman–Crippen LogP) is 5.01.